The maximum Gasteiger partial charge on any atom is 0.417 e. The van der Waals surface area contributed by atoms with E-state index in [4.69, 9.17) is 0 Å². The largest absolute Gasteiger partial charge is 0.417 e. The van der Waals surface area contributed by atoms with Crippen molar-refractivity contribution in [2.75, 3.05) is 0 Å². The van der Waals surface area contributed by atoms with Crippen molar-refractivity contribution in [1.29, 1.82) is 0 Å². The summed E-state index contributed by atoms with van der Waals surface area (Å²) >= 11 is 0. The molecule has 0 aromatic carbocycles. The van der Waals surface area contributed by atoms with Gasteiger partial charge in [0.05, 0.1) is 5.56 Å². The molecule has 1 atom stereocenters. The van der Waals surface area contributed by atoms with Crippen molar-refractivity contribution in [3.8, 4) is 0 Å². The minimum atomic E-state index is -4.30. The van der Waals surface area contributed by atoms with E-state index in [9.17, 15) is 13.2 Å². The fourth-order valence-corrected chi connectivity index (χ4v) is 1.68. The Hall–Kier alpha value is -1.10. The van der Waals surface area contributed by atoms with Crippen LogP contribution in [0.15, 0.2) is 12.3 Å². The van der Waals surface area contributed by atoms with Crippen LogP contribution in [0.5, 0.6) is 0 Å². The summed E-state index contributed by atoms with van der Waals surface area (Å²) in [4.78, 5) is 3.88. The van der Waals surface area contributed by atoms with Crippen LogP contribution in [0.25, 0.3) is 0 Å². The lowest BCUT2D eigenvalue weighted by atomic mass is 10.0. The smallest absolute Gasteiger partial charge is 0.310 e. The summed E-state index contributed by atoms with van der Waals surface area (Å²) in [6.45, 7) is 2.45. The van der Waals surface area contributed by atoms with E-state index >= 15 is 0 Å². The van der Waals surface area contributed by atoms with Gasteiger partial charge in [-0.05, 0) is 18.6 Å². The minimum absolute atomic E-state index is 0.279. The lowest BCUT2D eigenvalue weighted by molar-refractivity contribution is -0.137. The van der Waals surface area contributed by atoms with Gasteiger partial charge < -0.3 is 5.32 Å². The molecule has 2 nitrogen and oxygen atoms in total. The van der Waals surface area contributed by atoms with Crippen molar-refractivity contribution in [3.63, 3.8) is 0 Å². The number of hydrogen-bond acceptors (Lipinski definition) is 2. The number of halogens is 3. The van der Waals surface area contributed by atoms with Gasteiger partial charge in [-0.15, -0.1) is 0 Å². The predicted molar refractivity (Wildman–Crippen MR) is 49.2 cm³/mol. The molecule has 5 heteroatoms. The van der Waals surface area contributed by atoms with Gasteiger partial charge in [0.2, 0.25) is 0 Å². The van der Waals surface area contributed by atoms with Gasteiger partial charge in [0.1, 0.15) is 0 Å². The van der Waals surface area contributed by atoms with Crippen LogP contribution in [-0.2, 0) is 19.1 Å². The fraction of sp³-hybridized carbons (Fsp3) is 0.500. The van der Waals surface area contributed by atoms with Crippen LogP contribution in [0, 0.1) is 0 Å². The standard InChI is InChI=1S/C10H11F3N2/c1-6-2-9-7(4-14-6)3-8(5-15-9)10(11,12)13/h3,5-6,14H,2,4H2,1H3. The normalized spacial score (nSPS) is 21.2. The maximum absolute atomic E-state index is 12.4. The molecule has 1 aromatic heterocycles. The predicted octanol–water partition coefficient (Wildman–Crippen LogP) is 2.13. The molecule has 0 amide bonds. The van der Waals surface area contributed by atoms with E-state index < -0.39 is 11.7 Å². The van der Waals surface area contributed by atoms with Crippen molar-refractivity contribution in [1.82, 2.24) is 10.3 Å². The van der Waals surface area contributed by atoms with E-state index in [-0.39, 0.29) is 6.04 Å². The topological polar surface area (TPSA) is 24.9 Å². The molecule has 0 radical (unpaired) electrons. The van der Waals surface area contributed by atoms with Crippen molar-refractivity contribution in [2.45, 2.75) is 32.1 Å². The zero-order valence-corrected chi connectivity index (χ0v) is 8.23. The third kappa shape index (κ3) is 2.12. The van der Waals surface area contributed by atoms with Gasteiger partial charge in [-0.3, -0.25) is 4.98 Å². The molecule has 1 unspecified atom stereocenters. The maximum atomic E-state index is 12.4. The number of alkyl halides is 3. The van der Waals surface area contributed by atoms with Crippen LogP contribution < -0.4 is 5.32 Å². The molecule has 1 aromatic rings. The molecule has 0 fully saturated rings. The van der Waals surface area contributed by atoms with Crippen LogP contribution >= 0.6 is 0 Å². The Morgan fingerprint density at radius 3 is 2.87 bits per heavy atom. The third-order valence-electron chi connectivity index (χ3n) is 2.53. The summed E-state index contributed by atoms with van der Waals surface area (Å²) < 4.78 is 37.1. The molecule has 15 heavy (non-hydrogen) atoms. The zero-order valence-electron chi connectivity index (χ0n) is 8.23. The van der Waals surface area contributed by atoms with E-state index in [1.54, 1.807) is 0 Å². The second-order valence-corrected chi connectivity index (χ2v) is 3.81. The van der Waals surface area contributed by atoms with E-state index in [2.05, 4.69) is 10.3 Å². The number of pyridine rings is 1. The number of nitrogens with one attached hydrogen (secondary N) is 1. The van der Waals surface area contributed by atoms with Gasteiger partial charge in [-0.25, -0.2) is 0 Å². The summed E-state index contributed by atoms with van der Waals surface area (Å²) in [5.41, 5.74) is 0.759. The van der Waals surface area contributed by atoms with Gasteiger partial charge in [0.15, 0.2) is 0 Å². The van der Waals surface area contributed by atoms with Gasteiger partial charge in [0.25, 0.3) is 0 Å². The minimum Gasteiger partial charge on any atom is -0.310 e. The summed E-state index contributed by atoms with van der Waals surface area (Å²) in [7, 11) is 0. The van der Waals surface area contributed by atoms with Gasteiger partial charge in [-0.2, -0.15) is 13.2 Å². The van der Waals surface area contributed by atoms with Gasteiger partial charge in [-0.1, -0.05) is 0 Å². The number of aromatic nitrogens is 1. The highest BCUT2D eigenvalue weighted by Gasteiger charge is 2.32. The second-order valence-electron chi connectivity index (χ2n) is 3.81. The highest BCUT2D eigenvalue weighted by atomic mass is 19.4. The Kier molecular flexibility index (Phi) is 2.42. The lowest BCUT2D eigenvalue weighted by Gasteiger charge is -2.22. The Labute approximate surface area is 85.5 Å². The summed E-state index contributed by atoms with van der Waals surface area (Å²) in [6.07, 6.45) is -2.70. The molecule has 0 saturated heterocycles. The van der Waals surface area contributed by atoms with E-state index in [0.717, 1.165) is 11.9 Å². The number of fused-ring (bicyclic) bond motifs is 1. The summed E-state index contributed by atoms with van der Waals surface area (Å²) in [5, 5.41) is 3.11. The molecule has 0 aliphatic carbocycles. The van der Waals surface area contributed by atoms with Crippen molar-refractivity contribution in [3.05, 3.63) is 29.1 Å². The third-order valence-corrected chi connectivity index (χ3v) is 2.53. The van der Waals surface area contributed by atoms with E-state index in [0.29, 0.717) is 18.5 Å². The van der Waals surface area contributed by atoms with Crippen LogP contribution in [-0.4, -0.2) is 11.0 Å². The first kappa shape index (κ1) is 10.4. The van der Waals surface area contributed by atoms with Gasteiger partial charge in [0, 0.05) is 30.9 Å². The summed E-state index contributed by atoms with van der Waals surface area (Å²) in [6, 6.07) is 1.46. The molecular formula is C10H11F3N2. The van der Waals surface area contributed by atoms with E-state index in [1.165, 1.54) is 6.07 Å². The molecule has 0 saturated carbocycles. The molecular weight excluding hydrogens is 205 g/mol. The van der Waals surface area contributed by atoms with Crippen LogP contribution in [0.3, 0.4) is 0 Å². The fourth-order valence-electron chi connectivity index (χ4n) is 1.68. The SMILES string of the molecule is CC1Cc2ncc(C(F)(F)F)cc2CN1. The highest BCUT2D eigenvalue weighted by molar-refractivity contribution is 5.29. The van der Waals surface area contributed by atoms with E-state index in [1.807, 2.05) is 6.92 Å². The Balaban J connectivity index is 2.35. The molecule has 1 aliphatic heterocycles. The molecule has 0 spiro atoms. The van der Waals surface area contributed by atoms with Crippen LogP contribution in [0.2, 0.25) is 0 Å². The molecule has 82 valence electrons. The first-order valence-electron chi connectivity index (χ1n) is 4.75. The first-order chi connectivity index (χ1) is 6.97. The Morgan fingerprint density at radius 2 is 2.20 bits per heavy atom. The van der Waals surface area contributed by atoms with Crippen LogP contribution in [0.4, 0.5) is 13.2 Å². The first-order valence-corrected chi connectivity index (χ1v) is 4.75. The average Bonchev–Trinajstić information content (AvgIpc) is 2.15. The molecule has 1 aliphatic rings. The number of nitrogens with zero attached hydrogens (tertiary/aromatic N) is 1. The quantitative estimate of drug-likeness (QED) is 0.718. The van der Waals surface area contributed by atoms with Crippen molar-refractivity contribution >= 4 is 0 Å². The van der Waals surface area contributed by atoms with Crippen molar-refractivity contribution in [2.24, 2.45) is 0 Å². The zero-order chi connectivity index (χ0) is 11.1. The van der Waals surface area contributed by atoms with Gasteiger partial charge >= 0.3 is 6.18 Å². The molecule has 0 bridgehead atoms. The number of hydrogen-bond donors (Lipinski definition) is 1. The average molecular weight is 216 g/mol. The molecule has 1 N–H and O–H groups in total. The Morgan fingerprint density at radius 1 is 1.47 bits per heavy atom. The highest BCUT2D eigenvalue weighted by Crippen LogP contribution is 2.30. The molecule has 2 heterocycles. The monoisotopic (exact) mass is 216 g/mol. The summed E-state index contributed by atoms with van der Waals surface area (Å²) in [5.74, 6) is 0. The lowest BCUT2D eigenvalue weighted by Crippen LogP contribution is -2.33. The van der Waals surface area contributed by atoms with Crippen molar-refractivity contribution < 1.29 is 13.2 Å². The Bertz CT molecular complexity index is 373. The second kappa shape index (κ2) is 3.48. The molecule has 2 rings (SSSR count). The number of rotatable bonds is 0. The van der Waals surface area contributed by atoms with Crippen LogP contribution in [0.1, 0.15) is 23.7 Å².